The minimum Gasteiger partial charge on any atom is -0.475 e. The minimum atomic E-state index is -5.08. The molecule has 1 fully saturated rings. The van der Waals surface area contributed by atoms with Crippen molar-refractivity contribution in [2.45, 2.75) is 50.4 Å². The molecule has 0 aromatic rings. The molecule has 120 valence electrons. The molecule has 1 aliphatic carbocycles. The third-order valence-corrected chi connectivity index (χ3v) is 3.29. The number of aliphatic carboxylic acids is 1. The fraction of sp³-hybridized carbons (Fsp3) is 0.692. The van der Waals surface area contributed by atoms with Crippen LogP contribution in [0.3, 0.4) is 0 Å². The Labute approximate surface area is 119 Å². The molecule has 0 amide bonds. The number of ether oxygens (including phenoxy) is 1. The summed E-state index contributed by atoms with van der Waals surface area (Å²) in [5.74, 6) is -2.70. The van der Waals surface area contributed by atoms with E-state index in [9.17, 15) is 18.0 Å². The first-order chi connectivity index (χ1) is 9.56. The van der Waals surface area contributed by atoms with E-state index in [1.807, 2.05) is 6.92 Å². The molecule has 0 spiro atoms. The number of halogens is 3. The molecule has 0 saturated carbocycles. The van der Waals surface area contributed by atoms with Gasteiger partial charge in [0, 0.05) is 0 Å². The van der Waals surface area contributed by atoms with Gasteiger partial charge in [0.25, 0.3) is 0 Å². The van der Waals surface area contributed by atoms with Crippen LogP contribution in [0, 0.1) is 0 Å². The van der Waals surface area contributed by atoms with Gasteiger partial charge in [0.15, 0.2) is 5.78 Å². The Balaban J connectivity index is 0.000000270. The molecule has 21 heavy (non-hydrogen) atoms. The van der Waals surface area contributed by atoms with E-state index in [0.29, 0.717) is 6.61 Å². The Hall–Kier alpha value is -1.41. The van der Waals surface area contributed by atoms with Gasteiger partial charge in [-0.2, -0.15) is 13.2 Å². The minimum absolute atomic E-state index is 0.0605. The summed E-state index contributed by atoms with van der Waals surface area (Å²) in [5, 5.41) is 7.12. The van der Waals surface area contributed by atoms with E-state index in [1.165, 1.54) is 12.0 Å². The van der Waals surface area contributed by atoms with Crippen LogP contribution >= 0.6 is 0 Å². The molecular formula is C13H18F3NO4. The number of alkyl halides is 3. The van der Waals surface area contributed by atoms with Gasteiger partial charge in [0.05, 0.1) is 12.6 Å². The molecule has 1 aliphatic heterocycles. The van der Waals surface area contributed by atoms with Gasteiger partial charge in [-0.05, 0) is 32.6 Å². The molecule has 0 radical (unpaired) electrons. The van der Waals surface area contributed by atoms with E-state index >= 15 is 0 Å². The fourth-order valence-corrected chi connectivity index (χ4v) is 1.94. The number of carboxylic acids is 1. The Morgan fingerprint density at radius 3 is 2.38 bits per heavy atom. The molecule has 0 aromatic heterocycles. The number of hydrogen-bond donors (Lipinski definition) is 2. The molecular weight excluding hydrogens is 291 g/mol. The van der Waals surface area contributed by atoms with Gasteiger partial charge in [0.2, 0.25) is 0 Å². The van der Waals surface area contributed by atoms with E-state index in [1.54, 1.807) is 0 Å². The van der Waals surface area contributed by atoms with Crippen LogP contribution in [0.1, 0.15) is 32.6 Å². The summed E-state index contributed by atoms with van der Waals surface area (Å²) >= 11 is 0. The number of carbonyl (C=O) groups excluding carboxylic acids is 1. The van der Waals surface area contributed by atoms with Crippen LogP contribution in [0.25, 0.3) is 0 Å². The average Bonchev–Trinajstić information content (AvgIpc) is 2.91. The summed E-state index contributed by atoms with van der Waals surface area (Å²) in [7, 11) is 0. The zero-order valence-electron chi connectivity index (χ0n) is 11.6. The molecule has 2 atom stereocenters. The van der Waals surface area contributed by atoms with E-state index in [2.05, 4.69) is 6.08 Å². The van der Waals surface area contributed by atoms with Crippen molar-refractivity contribution in [3.8, 4) is 0 Å². The monoisotopic (exact) mass is 309 g/mol. The Morgan fingerprint density at radius 2 is 2.05 bits per heavy atom. The van der Waals surface area contributed by atoms with Crippen molar-refractivity contribution in [2.24, 2.45) is 5.73 Å². The molecule has 3 N–H and O–H groups in total. The second-order valence-corrected chi connectivity index (χ2v) is 5.25. The van der Waals surface area contributed by atoms with E-state index in [0.717, 1.165) is 19.3 Å². The van der Waals surface area contributed by atoms with Crippen LogP contribution in [0.5, 0.6) is 0 Å². The fourth-order valence-electron chi connectivity index (χ4n) is 1.94. The SMILES string of the molecule is C[C@]1(C(=O)[C@@H](N)CC2=CCCC2)CO1.O=C(O)C(F)(F)F. The van der Waals surface area contributed by atoms with Gasteiger partial charge in [-0.15, -0.1) is 0 Å². The number of allylic oxidation sites excluding steroid dienone is 1. The first-order valence-corrected chi connectivity index (χ1v) is 6.48. The summed E-state index contributed by atoms with van der Waals surface area (Å²) in [6.07, 6.45) is 1.31. The lowest BCUT2D eigenvalue weighted by Gasteiger charge is -2.13. The molecule has 0 bridgehead atoms. The molecule has 1 saturated heterocycles. The highest BCUT2D eigenvalue weighted by Gasteiger charge is 2.48. The van der Waals surface area contributed by atoms with Crippen molar-refractivity contribution in [1.82, 2.24) is 0 Å². The molecule has 2 aliphatic rings. The number of Topliss-reactive ketones (excluding diaryl/α,β-unsaturated/α-hetero) is 1. The van der Waals surface area contributed by atoms with E-state index in [-0.39, 0.29) is 11.8 Å². The van der Waals surface area contributed by atoms with E-state index in [4.69, 9.17) is 20.4 Å². The highest BCUT2D eigenvalue weighted by atomic mass is 19.4. The quantitative estimate of drug-likeness (QED) is 0.610. The number of hydrogen-bond acceptors (Lipinski definition) is 4. The topological polar surface area (TPSA) is 92.9 Å². The summed E-state index contributed by atoms with van der Waals surface area (Å²) < 4.78 is 36.8. The van der Waals surface area contributed by atoms with Crippen molar-refractivity contribution in [1.29, 1.82) is 0 Å². The third-order valence-electron chi connectivity index (χ3n) is 3.29. The number of epoxide rings is 1. The predicted molar refractivity (Wildman–Crippen MR) is 67.6 cm³/mol. The Bertz CT molecular complexity index is 441. The average molecular weight is 309 g/mol. The summed E-state index contributed by atoms with van der Waals surface area (Å²) in [4.78, 5) is 20.6. The molecule has 0 aromatic carbocycles. The summed E-state index contributed by atoms with van der Waals surface area (Å²) in [6.45, 7) is 2.36. The van der Waals surface area contributed by atoms with Crippen molar-refractivity contribution >= 4 is 11.8 Å². The Kier molecular flexibility index (Phi) is 5.52. The van der Waals surface area contributed by atoms with Crippen LogP contribution in [-0.4, -0.2) is 41.3 Å². The highest BCUT2D eigenvalue weighted by molar-refractivity contribution is 5.93. The maximum Gasteiger partial charge on any atom is 0.490 e. The van der Waals surface area contributed by atoms with Gasteiger partial charge >= 0.3 is 12.1 Å². The highest BCUT2D eigenvalue weighted by Crippen LogP contribution is 2.30. The van der Waals surface area contributed by atoms with Crippen molar-refractivity contribution in [3.05, 3.63) is 11.6 Å². The third kappa shape index (κ3) is 5.47. The van der Waals surface area contributed by atoms with Crippen molar-refractivity contribution < 1.29 is 32.6 Å². The van der Waals surface area contributed by atoms with Crippen LogP contribution in [-0.2, 0) is 14.3 Å². The Morgan fingerprint density at radius 1 is 1.52 bits per heavy atom. The van der Waals surface area contributed by atoms with E-state index < -0.39 is 17.7 Å². The number of rotatable bonds is 4. The maximum absolute atomic E-state index is 11.7. The van der Waals surface area contributed by atoms with Gasteiger partial charge in [-0.3, -0.25) is 4.79 Å². The number of carbonyl (C=O) groups is 2. The van der Waals surface area contributed by atoms with Crippen molar-refractivity contribution in [2.75, 3.05) is 6.61 Å². The van der Waals surface area contributed by atoms with Crippen molar-refractivity contribution in [3.63, 3.8) is 0 Å². The standard InChI is InChI=1S/C11H17NO2.C2HF3O2/c1-11(7-14-11)10(13)9(12)6-8-4-2-3-5-8;3-2(4,5)1(6)7/h4,9H,2-3,5-7,12H2,1H3;(H,6,7)/t9-,11+;/m0./s1. The largest absolute Gasteiger partial charge is 0.490 e. The molecule has 8 heteroatoms. The summed E-state index contributed by atoms with van der Waals surface area (Å²) in [5.41, 5.74) is 6.64. The maximum atomic E-state index is 11.7. The first-order valence-electron chi connectivity index (χ1n) is 6.48. The van der Waals surface area contributed by atoms with Crippen LogP contribution < -0.4 is 5.73 Å². The summed E-state index contributed by atoms with van der Waals surface area (Å²) in [6, 6.07) is -0.369. The zero-order chi connectivity index (χ0) is 16.3. The molecule has 0 unspecified atom stereocenters. The molecule has 1 heterocycles. The zero-order valence-corrected chi connectivity index (χ0v) is 11.6. The van der Waals surface area contributed by atoms with Crippen LogP contribution in [0.2, 0.25) is 0 Å². The van der Waals surface area contributed by atoms with Gasteiger partial charge in [-0.25, -0.2) is 4.79 Å². The normalized spacial score (nSPS) is 25.5. The second-order valence-electron chi connectivity index (χ2n) is 5.25. The number of ketones is 1. The number of carboxylic acid groups (broad SMARTS) is 1. The van der Waals surface area contributed by atoms with Gasteiger partial charge in [0.1, 0.15) is 5.60 Å². The first kappa shape index (κ1) is 17.6. The van der Waals surface area contributed by atoms with Crippen LogP contribution in [0.15, 0.2) is 11.6 Å². The predicted octanol–water partition coefficient (Wildman–Crippen LogP) is 1.81. The number of nitrogens with two attached hydrogens (primary N) is 1. The van der Waals surface area contributed by atoms with Gasteiger partial charge < -0.3 is 15.6 Å². The molecule has 2 rings (SSSR count). The van der Waals surface area contributed by atoms with Gasteiger partial charge in [-0.1, -0.05) is 11.6 Å². The lowest BCUT2D eigenvalue weighted by atomic mass is 9.95. The smallest absolute Gasteiger partial charge is 0.475 e. The lowest BCUT2D eigenvalue weighted by Crippen LogP contribution is -2.39. The lowest BCUT2D eigenvalue weighted by molar-refractivity contribution is -0.192. The molecule has 5 nitrogen and oxygen atoms in total. The van der Waals surface area contributed by atoms with Crippen LogP contribution in [0.4, 0.5) is 13.2 Å². The second kappa shape index (κ2) is 6.57.